The maximum Gasteiger partial charge on any atom is 0.244 e. The average molecular weight is 264 g/mol. The lowest BCUT2D eigenvalue weighted by molar-refractivity contribution is 0.269. The Bertz CT molecular complexity index is 692. The van der Waals surface area contributed by atoms with Crippen LogP contribution in [-0.4, -0.2) is 14.5 Å². The fourth-order valence-electron chi connectivity index (χ4n) is 1.68. The van der Waals surface area contributed by atoms with Crippen LogP contribution in [0, 0.1) is 5.82 Å². The van der Waals surface area contributed by atoms with Gasteiger partial charge in [-0.3, -0.25) is 4.40 Å². The van der Waals surface area contributed by atoms with Crippen LogP contribution in [0.2, 0.25) is 0 Å². The number of imidazole rings is 1. The third-order valence-electron chi connectivity index (χ3n) is 2.48. The number of halogens is 1. The van der Waals surface area contributed by atoms with Gasteiger partial charge in [0.25, 0.3) is 0 Å². The molecule has 6 heteroatoms. The molecular formula is C12H9FN2O2S. The number of hydrogen-bond donors (Lipinski definition) is 1. The van der Waals surface area contributed by atoms with Gasteiger partial charge in [0, 0.05) is 17.6 Å². The molecular weight excluding hydrogens is 255 g/mol. The first kappa shape index (κ1) is 11.2. The van der Waals surface area contributed by atoms with Crippen LogP contribution in [0.15, 0.2) is 35.8 Å². The zero-order chi connectivity index (χ0) is 12.5. The minimum Gasteiger partial charge on any atom is -0.437 e. The van der Waals surface area contributed by atoms with Crippen LogP contribution in [0.5, 0.6) is 11.6 Å². The van der Waals surface area contributed by atoms with E-state index >= 15 is 0 Å². The Balaban J connectivity index is 2.01. The van der Waals surface area contributed by atoms with Crippen molar-refractivity contribution in [3.63, 3.8) is 0 Å². The number of aliphatic hydroxyl groups excluding tert-OH is 1. The van der Waals surface area contributed by atoms with Gasteiger partial charge in [-0.25, -0.2) is 4.39 Å². The number of aliphatic hydroxyl groups is 1. The van der Waals surface area contributed by atoms with Crippen molar-refractivity contribution in [2.75, 3.05) is 0 Å². The highest BCUT2D eigenvalue weighted by Gasteiger charge is 2.14. The van der Waals surface area contributed by atoms with Crippen molar-refractivity contribution in [3.05, 3.63) is 47.4 Å². The van der Waals surface area contributed by atoms with Gasteiger partial charge < -0.3 is 9.84 Å². The first-order valence-corrected chi connectivity index (χ1v) is 6.14. The van der Waals surface area contributed by atoms with E-state index in [4.69, 9.17) is 4.74 Å². The van der Waals surface area contributed by atoms with E-state index in [1.165, 1.54) is 23.5 Å². The molecule has 0 saturated heterocycles. The van der Waals surface area contributed by atoms with E-state index in [1.54, 1.807) is 22.7 Å². The van der Waals surface area contributed by atoms with E-state index < -0.39 is 0 Å². The van der Waals surface area contributed by atoms with Crippen LogP contribution in [-0.2, 0) is 6.61 Å². The normalized spacial score (nSPS) is 11.0. The molecule has 0 unspecified atom stereocenters. The maximum absolute atomic E-state index is 13.0. The van der Waals surface area contributed by atoms with Crippen molar-refractivity contribution in [3.8, 4) is 11.6 Å². The molecule has 0 atom stereocenters. The van der Waals surface area contributed by atoms with E-state index in [9.17, 15) is 9.50 Å². The topological polar surface area (TPSA) is 46.8 Å². The molecule has 0 aliphatic heterocycles. The fourth-order valence-corrected chi connectivity index (χ4v) is 2.40. The number of hydrogen-bond acceptors (Lipinski definition) is 4. The van der Waals surface area contributed by atoms with Crippen LogP contribution in [0.1, 0.15) is 5.69 Å². The SMILES string of the molecule is OCc1c(Oc2cccc(F)c2)nc2sccn12. The van der Waals surface area contributed by atoms with Gasteiger partial charge in [-0.15, -0.1) is 11.3 Å². The maximum atomic E-state index is 13.0. The smallest absolute Gasteiger partial charge is 0.244 e. The lowest BCUT2D eigenvalue weighted by Crippen LogP contribution is -1.93. The molecule has 2 heterocycles. The minimum absolute atomic E-state index is 0.192. The lowest BCUT2D eigenvalue weighted by Gasteiger charge is -2.04. The summed E-state index contributed by atoms with van der Waals surface area (Å²) in [5.74, 6) is 0.282. The van der Waals surface area contributed by atoms with Gasteiger partial charge in [-0.2, -0.15) is 4.98 Å². The minimum atomic E-state index is -0.376. The predicted molar refractivity (Wildman–Crippen MR) is 65.5 cm³/mol. The van der Waals surface area contributed by atoms with Gasteiger partial charge in [0.15, 0.2) is 4.96 Å². The molecule has 1 aromatic carbocycles. The summed E-state index contributed by atoms with van der Waals surface area (Å²) in [6.07, 6.45) is 1.80. The molecule has 4 nitrogen and oxygen atoms in total. The summed E-state index contributed by atoms with van der Waals surface area (Å²) in [5.41, 5.74) is 0.551. The van der Waals surface area contributed by atoms with Gasteiger partial charge in [-0.05, 0) is 12.1 Å². The van der Waals surface area contributed by atoms with Crippen molar-refractivity contribution in [2.24, 2.45) is 0 Å². The predicted octanol–water partition coefficient (Wildman–Crippen LogP) is 2.82. The number of ether oxygens (including phenoxy) is 1. The van der Waals surface area contributed by atoms with Crippen LogP contribution < -0.4 is 4.74 Å². The summed E-state index contributed by atoms with van der Waals surface area (Å²) >= 11 is 1.44. The Morgan fingerprint density at radius 1 is 1.44 bits per heavy atom. The molecule has 1 N–H and O–H groups in total. The number of aromatic nitrogens is 2. The summed E-state index contributed by atoms with van der Waals surface area (Å²) in [6.45, 7) is -0.192. The molecule has 18 heavy (non-hydrogen) atoms. The summed E-state index contributed by atoms with van der Waals surface area (Å²) in [5, 5.41) is 11.2. The molecule has 0 fully saturated rings. The number of benzene rings is 1. The molecule has 0 amide bonds. The van der Waals surface area contributed by atoms with E-state index in [1.807, 2.05) is 5.38 Å². The van der Waals surface area contributed by atoms with Gasteiger partial charge >= 0.3 is 0 Å². The Morgan fingerprint density at radius 3 is 3.11 bits per heavy atom. The fraction of sp³-hybridized carbons (Fsp3) is 0.0833. The molecule has 3 rings (SSSR count). The van der Waals surface area contributed by atoms with Crippen molar-refractivity contribution in [1.82, 2.24) is 9.38 Å². The van der Waals surface area contributed by atoms with Crippen molar-refractivity contribution in [1.29, 1.82) is 0 Å². The third kappa shape index (κ3) is 1.85. The van der Waals surface area contributed by atoms with E-state index in [0.717, 1.165) is 4.96 Å². The molecule has 0 aliphatic rings. The van der Waals surface area contributed by atoms with Crippen LogP contribution in [0.4, 0.5) is 4.39 Å². The van der Waals surface area contributed by atoms with Crippen molar-refractivity contribution < 1.29 is 14.2 Å². The second-order valence-electron chi connectivity index (χ2n) is 3.64. The van der Waals surface area contributed by atoms with Crippen molar-refractivity contribution >= 4 is 16.3 Å². The zero-order valence-corrected chi connectivity index (χ0v) is 10.0. The summed E-state index contributed by atoms with van der Waals surface area (Å²) < 4.78 is 20.3. The molecule has 0 spiro atoms. The Hall–Kier alpha value is -1.92. The molecule has 92 valence electrons. The monoisotopic (exact) mass is 264 g/mol. The quantitative estimate of drug-likeness (QED) is 0.791. The largest absolute Gasteiger partial charge is 0.437 e. The summed E-state index contributed by atoms with van der Waals surface area (Å²) in [7, 11) is 0. The zero-order valence-electron chi connectivity index (χ0n) is 9.21. The van der Waals surface area contributed by atoms with Crippen LogP contribution in [0.3, 0.4) is 0 Å². The van der Waals surface area contributed by atoms with Gasteiger partial charge in [0.2, 0.25) is 5.88 Å². The number of fused-ring (bicyclic) bond motifs is 1. The highest BCUT2D eigenvalue weighted by atomic mass is 32.1. The van der Waals surface area contributed by atoms with Crippen molar-refractivity contribution in [2.45, 2.75) is 6.61 Å². The molecule has 0 bridgehead atoms. The molecule has 2 aromatic heterocycles. The number of thiazole rings is 1. The first-order valence-electron chi connectivity index (χ1n) is 5.26. The second-order valence-corrected chi connectivity index (χ2v) is 4.51. The number of rotatable bonds is 3. The van der Waals surface area contributed by atoms with E-state index in [0.29, 0.717) is 17.3 Å². The van der Waals surface area contributed by atoms with Gasteiger partial charge in [-0.1, -0.05) is 6.07 Å². The molecule has 0 saturated carbocycles. The second kappa shape index (κ2) is 4.40. The molecule has 0 radical (unpaired) electrons. The summed E-state index contributed by atoms with van der Waals surface area (Å²) in [4.78, 5) is 4.97. The standard InChI is InChI=1S/C12H9FN2O2S/c13-8-2-1-3-9(6-8)17-11-10(7-16)15-4-5-18-12(15)14-11/h1-6,16H,7H2. The number of nitrogens with zero attached hydrogens (tertiary/aromatic N) is 2. The highest BCUT2D eigenvalue weighted by Crippen LogP contribution is 2.28. The highest BCUT2D eigenvalue weighted by molar-refractivity contribution is 7.15. The molecule has 3 aromatic rings. The van der Waals surface area contributed by atoms with Crippen LogP contribution >= 0.6 is 11.3 Å². The van der Waals surface area contributed by atoms with Gasteiger partial charge in [0.05, 0.1) is 6.61 Å². The molecule has 0 aliphatic carbocycles. The average Bonchev–Trinajstić information content (AvgIpc) is 2.89. The Kier molecular flexibility index (Phi) is 2.73. The first-order chi connectivity index (χ1) is 8.78. The summed E-state index contributed by atoms with van der Waals surface area (Å²) in [6, 6.07) is 5.81. The van der Waals surface area contributed by atoms with E-state index in [2.05, 4.69) is 4.98 Å². The Labute approximate surface area is 106 Å². The lowest BCUT2D eigenvalue weighted by atomic mass is 10.3. The van der Waals surface area contributed by atoms with E-state index in [-0.39, 0.29) is 12.4 Å². The van der Waals surface area contributed by atoms with Crippen LogP contribution in [0.25, 0.3) is 4.96 Å². The Morgan fingerprint density at radius 2 is 2.33 bits per heavy atom. The van der Waals surface area contributed by atoms with Gasteiger partial charge in [0.1, 0.15) is 17.3 Å². The third-order valence-corrected chi connectivity index (χ3v) is 3.24.